The number of benzene rings is 1. The average molecular weight is 432 g/mol. The van der Waals surface area contributed by atoms with Gasteiger partial charge in [-0.2, -0.15) is 5.26 Å². The Morgan fingerprint density at radius 3 is 2.52 bits per heavy atom. The van der Waals surface area contributed by atoms with Gasteiger partial charge in [0.15, 0.2) is 11.3 Å². The van der Waals surface area contributed by atoms with E-state index in [9.17, 15) is 25.1 Å². The predicted molar refractivity (Wildman–Crippen MR) is 109 cm³/mol. The number of pyridine rings is 1. The van der Waals surface area contributed by atoms with Gasteiger partial charge in [0.1, 0.15) is 11.8 Å². The number of phenols is 1. The van der Waals surface area contributed by atoms with E-state index in [1.165, 1.54) is 23.7 Å². The van der Waals surface area contributed by atoms with Crippen LogP contribution in [0.3, 0.4) is 0 Å². The number of hydrogen-bond donors (Lipinski definition) is 2. The first-order valence-electron chi connectivity index (χ1n) is 8.09. The Morgan fingerprint density at radius 2 is 1.93 bits per heavy atom. The molecule has 2 N–H and O–H groups in total. The Bertz CT molecular complexity index is 1140. The van der Waals surface area contributed by atoms with Crippen LogP contribution in [0.1, 0.15) is 11.1 Å². The molecular formula is C20H15Cl2N3O4. The van der Waals surface area contributed by atoms with Gasteiger partial charge in [0.2, 0.25) is 0 Å². The van der Waals surface area contributed by atoms with E-state index in [1.807, 2.05) is 0 Å². The zero-order valence-corrected chi connectivity index (χ0v) is 16.9. The molecule has 0 bridgehead atoms. The number of rotatable bonds is 3. The number of aryl methyl sites for hydroxylation is 1. The number of likely N-dealkylation sites (N-methyl/N-ethyl adjacent to an activating group) is 1. The van der Waals surface area contributed by atoms with Gasteiger partial charge in [0.25, 0.3) is 11.5 Å². The van der Waals surface area contributed by atoms with Crippen molar-refractivity contribution in [1.82, 2.24) is 9.47 Å². The normalized spacial score (nSPS) is 11.0. The second-order valence-electron chi connectivity index (χ2n) is 5.92. The molecule has 0 fully saturated rings. The molecule has 29 heavy (non-hydrogen) atoms. The van der Waals surface area contributed by atoms with Crippen LogP contribution in [0.4, 0.5) is 0 Å². The van der Waals surface area contributed by atoms with Crippen molar-refractivity contribution in [1.29, 1.82) is 5.26 Å². The molecule has 0 spiro atoms. The van der Waals surface area contributed by atoms with Crippen molar-refractivity contribution >= 4 is 34.9 Å². The molecule has 148 valence electrons. The quantitative estimate of drug-likeness (QED) is 0.336. The van der Waals surface area contributed by atoms with Crippen LogP contribution in [0.2, 0.25) is 10.0 Å². The molecule has 0 atom stereocenters. The van der Waals surface area contributed by atoms with E-state index >= 15 is 0 Å². The maximum Gasteiger partial charge on any atom is 0.268 e. The number of nitriles is 1. The molecule has 9 heteroatoms. The Balaban J connectivity index is 2.28. The number of aliphatic hydroxyl groups excluding tert-OH is 1. The lowest BCUT2D eigenvalue weighted by Gasteiger charge is -2.14. The number of nitrogens with zero attached hydrogens (tertiary/aromatic N) is 3. The lowest BCUT2D eigenvalue weighted by atomic mass is 10.1. The highest BCUT2D eigenvalue weighted by Crippen LogP contribution is 2.35. The predicted octanol–water partition coefficient (Wildman–Crippen LogP) is 2.70. The standard InChI is InChI=1S/C20H15Cl2N3O4/c1-24-7-3-5-12(19(24)28)6-4-8-25(2)20(29)14(11-23)17(26)13-9-15(21)18(27)16(22)10-13/h3,5,7,9-10,26-27H,8H2,1-2H3/b17-14-. The number of phenolic OH excluding ortho intramolecular Hbond substituents is 1. The van der Waals surface area contributed by atoms with Crippen LogP contribution < -0.4 is 5.56 Å². The molecule has 1 heterocycles. The van der Waals surface area contributed by atoms with Crippen molar-refractivity contribution in [2.75, 3.05) is 13.6 Å². The summed E-state index contributed by atoms with van der Waals surface area (Å²) in [5.74, 6) is 3.55. The fourth-order valence-corrected chi connectivity index (χ4v) is 2.74. The van der Waals surface area contributed by atoms with Gasteiger partial charge in [-0.3, -0.25) is 9.59 Å². The summed E-state index contributed by atoms with van der Waals surface area (Å²) in [5.41, 5.74) is -0.564. The number of carbonyl (C=O) groups excluding carboxylic acids is 1. The maximum absolute atomic E-state index is 12.5. The van der Waals surface area contributed by atoms with Gasteiger partial charge in [-0.15, -0.1) is 0 Å². The van der Waals surface area contributed by atoms with Gasteiger partial charge in [0, 0.05) is 25.9 Å². The van der Waals surface area contributed by atoms with Gasteiger partial charge in [-0.25, -0.2) is 0 Å². The Labute approximate surface area is 176 Å². The van der Waals surface area contributed by atoms with E-state index in [4.69, 9.17) is 23.2 Å². The first kappa shape index (κ1) is 21.9. The monoisotopic (exact) mass is 431 g/mol. The minimum absolute atomic E-state index is 0.00466. The van der Waals surface area contributed by atoms with E-state index in [-0.39, 0.29) is 39.0 Å². The number of aromatic hydroxyl groups is 1. The summed E-state index contributed by atoms with van der Waals surface area (Å²) < 4.78 is 1.38. The van der Waals surface area contributed by atoms with E-state index in [0.29, 0.717) is 0 Å². The second kappa shape index (κ2) is 9.20. The number of halogens is 2. The molecule has 0 saturated heterocycles. The smallest absolute Gasteiger partial charge is 0.268 e. The number of carbonyl (C=O) groups is 1. The van der Waals surface area contributed by atoms with E-state index in [0.717, 1.165) is 4.90 Å². The minimum atomic E-state index is -0.791. The van der Waals surface area contributed by atoms with Gasteiger partial charge in [-0.05, 0) is 24.3 Å². The summed E-state index contributed by atoms with van der Waals surface area (Å²) in [6.45, 7) is -0.0908. The summed E-state index contributed by atoms with van der Waals surface area (Å²) in [7, 11) is 2.99. The van der Waals surface area contributed by atoms with Crippen molar-refractivity contribution in [3.8, 4) is 23.7 Å². The molecule has 1 aromatic heterocycles. The van der Waals surface area contributed by atoms with Crippen LogP contribution in [-0.2, 0) is 11.8 Å². The molecule has 0 aliphatic carbocycles. The summed E-state index contributed by atoms with van der Waals surface area (Å²) in [5, 5.41) is 29.0. The van der Waals surface area contributed by atoms with E-state index < -0.39 is 17.2 Å². The van der Waals surface area contributed by atoms with Crippen LogP contribution in [0.5, 0.6) is 5.75 Å². The van der Waals surface area contributed by atoms with Gasteiger partial charge < -0.3 is 19.7 Å². The molecule has 0 aliphatic rings. The third kappa shape index (κ3) is 4.91. The zero-order chi connectivity index (χ0) is 21.7. The SMILES string of the molecule is CN(CC#Cc1cccn(C)c1=O)C(=O)/C(C#N)=C(\O)c1cc(Cl)c(O)c(Cl)c1. The van der Waals surface area contributed by atoms with Crippen molar-refractivity contribution in [3.05, 3.63) is 67.6 Å². The second-order valence-corrected chi connectivity index (χ2v) is 6.74. The first-order chi connectivity index (χ1) is 13.7. The Morgan fingerprint density at radius 1 is 1.31 bits per heavy atom. The van der Waals surface area contributed by atoms with Crippen molar-refractivity contribution in [2.24, 2.45) is 7.05 Å². The number of aromatic nitrogens is 1. The van der Waals surface area contributed by atoms with Crippen LogP contribution >= 0.6 is 23.2 Å². The zero-order valence-electron chi connectivity index (χ0n) is 15.4. The molecule has 2 rings (SSSR count). The van der Waals surface area contributed by atoms with Crippen molar-refractivity contribution in [3.63, 3.8) is 0 Å². The van der Waals surface area contributed by atoms with Gasteiger partial charge in [0.05, 0.1) is 22.2 Å². The maximum atomic E-state index is 12.5. The highest BCUT2D eigenvalue weighted by atomic mass is 35.5. The molecule has 0 radical (unpaired) electrons. The molecule has 0 unspecified atom stereocenters. The number of amides is 1. The highest BCUT2D eigenvalue weighted by molar-refractivity contribution is 6.37. The Kier molecular flexibility index (Phi) is 6.95. The Hall–Kier alpha value is -3.39. The lowest BCUT2D eigenvalue weighted by molar-refractivity contribution is -0.124. The van der Waals surface area contributed by atoms with E-state index in [2.05, 4.69) is 11.8 Å². The fraction of sp³-hybridized carbons (Fsp3) is 0.150. The molecule has 0 saturated carbocycles. The summed E-state index contributed by atoms with van der Waals surface area (Å²) in [6.07, 6.45) is 1.60. The van der Waals surface area contributed by atoms with Crippen LogP contribution in [0.25, 0.3) is 5.76 Å². The van der Waals surface area contributed by atoms with Crippen molar-refractivity contribution < 1.29 is 15.0 Å². The molecule has 1 amide bonds. The van der Waals surface area contributed by atoms with E-state index in [1.54, 1.807) is 31.4 Å². The first-order valence-corrected chi connectivity index (χ1v) is 8.84. The molecule has 2 aromatic rings. The molecular weight excluding hydrogens is 417 g/mol. The minimum Gasteiger partial charge on any atom is -0.506 e. The van der Waals surface area contributed by atoms with Crippen LogP contribution in [-0.4, -0.2) is 39.2 Å². The third-order valence-electron chi connectivity index (χ3n) is 3.86. The molecule has 1 aromatic carbocycles. The summed E-state index contributed by atoms with van der Waals surface area (Å²) in [6, 6.07) is 7.22. The highest BCUT2D eigenvalue weighted by Gasteiger charge is 2.21. The van der Waals surface area contributed by atoms with Gasteiger partial charge >= 0.3 is 0 Å². The van der Waals surface area contributed by atoms with Crippen molar-refractivity contribution in [2.45, 2.75) is 0 Å². The summed E-state index contributed by atoms with van der Waals surface area (Å²) >= 11 is 11.6. The average Bonchev–Trinajstić information content (AvgIpc) is 2.69. The molecule has 7 nitrogen and oxygen atoms in total. The number of aliphatic hydroxyl groups is 1. The molecule has 0 aliphatic heterocycles. The fourth-order valence-electron chi connectivity index (χ4n) is 2.26. The van der Waals surface area contributed by atoms with Crippen LogP contribution in [0, 0.1) is 23.2 Å². The number of hydrogen-bond acceptors (Lipinski definition) is 5. The lowest BCUT2D eigenvalue weighted by Crippen LogP contribution is -2.29. The van der Waals surface area contributed by atoms with Crippen LogP contribution in [0.15, 0.2) is 40.8 Å². The van der Waals surface area contributed by atoms with Gasteiger partial charge in [-0.1, -0.05) is 35.0 Å². The topological polar surface area (TPSA) is 107 Å². The largest absolute Gasteiger partial charge is 0.506 e. The third-order valence-corrected chi connectivity index (χ3v) is 4.44. The summed E-state index contributed by atoms with van der Waals surface area (Å²) in [4.78, 5) is 25.6.